The molecular formula is C20H14ClFN2O5. The summed E-state index contributed by atoms with van der Waals surface area (Å²) in [6.07, 6.45) is 0. The van der Waals surface area contributed by atoms with Crippen molar-refractivity contribution in [3.63, 3.8) is 0 Å². The lowest BCUT2D eigenvalue weighted by atomic mass is 10.2. The van der Waals surface area contributed by atoms with Crippen molar-refractivity contribution >= 4 is 35.2 Å². The molecule has 3 rings (SSSR count). The van der Waals surface area contributed by atoms with Crippen LogP contribution in [0.1, 0.15) is 10.6 Å². The summed E-state index contributed by atoms with van der Waals surface area (Å²) in [4.78, 5) is 35.5. The molecule has 0 spiro atoms. The molecular weight excluding hydrogens is 403 g/mol. The zero-order valence-electron chi connectivity index (χ0n) is 14.8. The Morgan fingerprint density at radius 2 is 1.72 bits per heavy atom. The molecule has 0 saturated heterocycles. The van der Waals surface area contributed by atoms with Crippen molar-refractivity contribution in [2.75, 3.05) is 11.9 Å². The molecule has 148 valence electrons. The molecule has 0 atom stereocenters. The average molecular weight is 417 g/mol. The number of carbonyl (C=O) groups is 3. The van der Waals surface area contributed by atoms with Gasteiger partial charge in [-0.25, -0.2) is 14.0 Å². The normalized spacial score (nSPS) is 10.3. The summed E-state index contributed by atoms with van der Waals surface area (Å²) in [6, 6.07) is 14.3. The molecule has 3 aromatic rings. The Morgan fingerprint density at radius 1 is 1.00 bits per heavy atom. The van der Waals surface area contributed by atoms with Gasteiger partial charge >= 0.3 is 12.0 Å². The Balaban J connectivity index is 1.52. The fourth-order valence-electron chi connectivity index (χ4n) is 2.33. The van der Waals surface area contributed by atoms with E-state index < -0.39 is 30.3 Å². The highest BCUT2D eigenvalue weighted by atomic mass is 35.5. The second kappa shape index (κ2) is 9.03. The van der Waals surface area contributed by atoms with Gasteiger partial charge < -0.3 is 14.5 Å². The quantitative estimate of drug-likeness (QED) is 0.606. The van der Waals surface area contributed by atoms with Crippen LogP contribution in [0, 0.1) is 5.82 Å². The topological polar surface area (TPSA) is 97.6 Å². The second-order valence-electron chi connectivity index (χ2n) is 5.70. The number of hydrogen-bond acceptors (Lipinski definition) is 5. The van der Waals surface area contributed by atoms with Crippen molar-refractivity contribution < 1.29 is 27.9 Å². The summed E-state index contributed by atoms with van der Waals surface area (Å²) in [7, 11) is 0. The Bertz CT molecular complexity index is 1070. The van der Waals surface area contributed by atoms with Gasteiger partial charge in [-0.3, -0.25) is 10.1 Å². The molecule has 1 heterocycles. The van der Waals surface area contributed by atoms with Crippen LogP contribution in [0.3, 0.4) is 0 Å². The number of amides is 3. The van der Waals surface area contributed by atoms with E-state index in [1.165, 1.54) is 24.3 Å². The molecule has 2 aromatic carbocycles. The minimum Gasteiger partial charge on any atom is -0.450 e. The van der Waals surface area contributed by atoms with Gasteiger partial charge in [0.15, 0.2) is 6.61 Å². The Kier molecular flexibility index (Phi) is 6.25. The fraction of sp³-hybridized carbons (Fsp3) is 0.0500. The third-order valence-electron chi connectivity index (χ3n) is 3.66. The number of hydrogen-bond donors (Lipinski definition) is 2. The Hall–Kier alpha value is -3.65. The second-order valence-corrected chi connectivity index (χ2v) is 6.11. The van der Waals surface area contributed by atoms with Crippen molar-refractivity contribution in [1.82, 2.24) is 5.32 Å². The summed E-state index contributed by atoms with van der Waals surface area (Å²) < 4.78 is 23.7. The molecule has 0 radical (unpaired) electrons. The van der Waals surface area contributed by atoms with Gasteiger partial charge in [0.2, 0.25) is 5.76 Å². The van der Waals surface area contributed by atoms with Gasteiger partial charge in [-0.2, -0.15) is 0 Å². The number of halogens is 2. The van der Waals surface area contributed by atoms with Crippen molar-refractivity contribution in [1.29, 1.82) is 0 Å². The molecule has 0 saturated carbocycles. The summed E-state index contributed by atoms with van der Waals surface area (Å²) >= 11 is 6.08. The lowest BCUT2D eigenvalue weighted by Gasteiger charge is -2.07. The number of furan rings is 1. The van der Waals surface area contributed by atoms with E-state index >= 15 is 0 Å². The number of rotatable bonds is 5. The smallest absolute Gasteiger partial charge is 0.374 e. The third-order valence-corrected chi connectivity index (χ3v) is 3.99. The molecule has 29 heavy (non-hydrogen) atoms. The zero-order valence-corrected chi connectivity index (χ0v) is 15.5. The monoisotopic (exact) mass is 416 g/mol. The Labute approximate surface area is 169 Å². The highest BCUT2D eigenvalue weighted by molar-refractivity contribution is 6.33. The number of para-hydroxylation sites is 1. The first-order chi connectivity index (χ1) is 13.9. The number of benzene rings is 2. The SMILES string of the molecule is O=C(COC(=O)c1ccc(-c2ccccc2Cl)o1)NC(=O)Nc1ccccc1F. The van der Waals surface area contributed by atoms with Crippen LogP contribution in [-0.4, -0.2) is 24.5 Å². The number of urea groups is 1. The first kappa shape index (κ1) is 20.1. The highest BCUT2D eigenvalue weighted by Crippen LogP contribution is 2.29. The van der Waals surface area contributed by atoms with E-state index in [4.69, 9.17) is 20.8 Å². The molecule has 2 N–H and O–H groups in total. The standard InChI is InChI=1S/C20H14ClFN2O5/c21-13-6-2-1-5-12(13)16-9-10-17(29-16)19(26)28-11-18(25)24-20(27)23-15-8-4-3-7-14(15)22/h1-10H,11H2,(H2,23,24,25,27). The van der Waals surface area contributed by atoms with Crippen molar-refractivity contribution in [3.8, 4) is 11.3 Å². The molecule has 1 aromatic heterocycles. The lowest BCUT2D eigenvalue weighted by Crippen LogP contribution is -2.37. The molecule has 0 aliphatic carbocycles. The molecule has 0 unspecified atom stereocenters. The number of imide groups is 1. The Morgan fingerprint density at radius 3 is 2.48 bits per heavy atom. The average Bonchev–Trinajstić information content (AvgIpc) is 3.18. The third kappa shape index (κ3) is 5.20. The van der Waals surface area contributed by atoms with Crippen molar-refractivity contribution in [3.05, 3.63) is 77.3 Å². The van der Waals surface area contributed by atoms with E-state index in [1.807, 2.05) is 5.32 Å². The van der Waals surface area contributed by atoms with Gasteiger partial charge in [0.1, 0.15) is 11.6 Å². The van der Waals surface area contributed by atoms with E-state index in [-0.39, 0.29) is 11.4 Å². The molecule has 9 heteroatoms. The van der Waals surface area contributed by atoms with Gasteiger partial charge in [-0.05, 0) is 36.4 Å². The maximum Gasteiger partial charge on any atom is 0.374 e. The van der Waals surface area contributed by atoms with Gasteiger partial charge in [-0.15, -0.1) is 0 Å². The highest BCUT2D eigenvalue weighted by Gasteiger charge is 2.17. The van der Waals surface area contributed by atoms with Crippen LogP contribution >= 0.6 is 11.6 Å². The van der Waals surface area contributed by atoms with Crippen LogP contribution in [0.4, 0.5) is 14.9 Å². The largest absolute Gasteiger partial charge is 0.450 e. The summed E-state index contributed by atoms with van der Waals surface area (Å²) in [5.74, 6) is -2.23. The van der Waals surface area contributed by atoms with Gasteiger partial charge in [0.25, 0.3) is 5.91 Å². The molecule has 0 bridgehead atoms. The van der Waals surface area contributed by atoms with E-state index in [1.54, 1.807) is 30.3 Å². The van der Waals surface area contributed by atoms with Crippen molar-refractivity contribution in [2.45, 2.75) is 0 Å². The first-order valence-corrected chi connectivity index (χ1v) is 8.69. The van der Waals surface area contributed by atoms with Gasteiger partial charge in [-0.1, -0.05) is 35.9 Å². The number of anilines is 1. The summed E-state index contributed by atoms with van der Waals surface area (Å²) in [6.45, 7) is -0.731. The zero-order chi connectivity index (χ0) is 20.8. The van der Waals surface area contributed by atoms with E-state index in [9.17, 15) is 18.8 Å². The van der Waals surface area contributed by atoms with Crippen LogP contribution in [0.15, 0.2) is 65.1 Å². The van der Waals surface area contributed by atoms with Crippen LogP contribution in [-0.2, 0) is 9.53 Å². The lowest BCUT2D eigenvalue weighted by molar-refractivity contribution is -0.123. The first-order valence-electron chi connectivity index (χ1n) is 8.31. The molecule has 0 aliphatic rings. The molecule has 7 nitrogen and oxygen atoms in total. The van der Waals surface area contributed by atoms with Crippen LogP contribution in [0.5, 0.6) is 0 Å². The predicted octanol–water partition coefficient (Wildman–Crippen LogP) is 4.24. The number of ether oxygens (including phenoxy) is 1. The van der Waals surface area contributed by atoms with E-state index in [0.29, 0.717) is 16.3 Å². The van der Waals surface area contributed by atoms with Crippen LogP contribution < -0.4 is 10.6 Å². The number of carbonyl (C=O) groups excluding carboxylic acids is 3. The fourth-order valence-corrected chi connectivity index (χ4v) is 2.56. The minimum atomic E-state index is -0.963. The van der Waals surface area contributed by atoms with Gasteiger partial charge in [0.05, 0.1) is 10.7 Å². The van der Waals surface area contributed by atoms with E-state index in [2.05, 4.69) is 5.32 Å². The van der Waals surface area contributed by atoms with Crippen molar-refractivity contribution in [2.24, 2.45) is 0 Å². The maximum absolute atomic E-state index is 13.5. The van der Waals surface area contributed by atoms with Crippen LogP contribution in [0.25, 0.3) is 11.3 Å². The number of esters is 1. The van der Waals surface area contributed by atoms with Crippen LogP contribution in [0.2, 0.25) is 5.02 Å². The molecule has 0 fully saturated rings. The maximum atomic E-state index is 13.5. The number of nitrogens with one attached hydrogen (secondary N) is 2. The van der Waals surface area contributed by atoms with E-state index in [0.717, 1.165) is 6.07 Å². The predicted molar refractivity (Wildman–Crippen MR) is 103 cm³/mol. The van der Waals surface area contributed by atoms with Gasteiger partial charge in [0, 0.05) is 5.56 Å². The molecule has 3 amide bonds. The minimum absolute atomic E-state index is 0.0996. The summed E-state index contributed by atoms with van der Waals surface area (Å²) in [5.41, 5.74) is 0.494. The summed E-state index contributed by atoms with van der Waals surface area (Å²) in [5, 5.41) is 4.54. The molecule has 0 aliphatic heterocycles.